The predicted molar refractivity (Wildman–Crippen MR) is 69.6 cm³/mol. The van der Waals surface area contributed by atoms with Gasteiger partial charge in [0.1, 0.15) is 0 Å². The van der Waals surface area contributed by atoms with Crippen LogP contribution in [0.3, 0.4) is 0 Å². The summed E-state index contributed by atoms with van der Waals surface area (Å²) < 4.78 is 0. The van der Waals surface area contributed by atoms with Crippen molar-refractivity contribution in [2.45, 2.75) is 71.4 Å². The zero-order valence-electron chi connectivity index (χ0n) is 11.5. The summed E-state index contributed by atoms with van der Waals surface area (Å²) in [5.74, 6) is 0. The number of aliphatic hydroxyl groups is 1. The average molecular weight is 227 g/mol. The van der Waals surface area contributed by atoms with Gasteiger partial charge in [-0.3, -0.25) is 0 Å². The first kappa shape index (κ1) is 14.0. The Morgan fingerprint density at radius 3 is 2.06 bits per heavy atom. The molecule has 1 rings (SSSR count). The molecule has 0 aliphatic heterocycles. The van der Waals surface area contributed by atoms with E-state index in [1.165, 1.54) is 38.5 Å². The summed E-state index contributed by atoms with van der Waals surface area (Å²) >= 11 is 0. The minimum atomic E-state index is -0.222. The second kappa shape index (κ2) is 6.02. The van der Waals surface area contributed by atoms with Crippen LogP contribution in [-0.2, 0) is 0 Å². The summed E-state index contributed by atoms with van der Waals surface area (Å²) in [5, 5.41) is 10.1. The minimum absolute atomic E-state index is 0.00100. The van der Waals surface area contributed by atoms with E-state index in [9.17, 15) is 5.11 Å². The lowest BCUT2D eigenvalue weighted by atomic mass is 9.88. The van der Waals surface area contributed by atoms with E-state index in [1.807, 2.05) is 0 Å². The van der Waals surface area contributed by atoms with Crippen molar-refractivity contribution in [2.24, 2.45) is 5.41 Å². The molecule has 0 aromatic carbocycles. The lowest BCUT2D eigenvalue weighted by molar-refractivity contribution is 0.0224. The van der Waals surface area contributed by atoms with Crippen molar-refractivity contribution in [3.8, 4) is 0 Å². The van der Waals surface area contributed by atoms with Gasteiger partial charge in [0, 0.05) is 12.6 Å². The first-order valence-corrected chi connectivity index (χ1v) is 6.79. The number of nitrogens with zero attached hydrogens (tertiary/aromatic N) is 1. The van der Waals surface area contributed by atoms with Gasteiger partial charge in [-0.2, -0.15) is 0 Å². The van der Waals surface area contributed by atoms with E-state index in [0.29, 0.717) is 6.04 Å². The lowest BCUT2D eigenvalue weighted by Crippen LogP contribution is -2.42. The third-order valence-corrected chi connectivity index (χ3v) is 3.91. The average Bonchev–Trinajstić information content (AvgIpc) is 2.43. The highest BCUT2D eigenvalue weighted by Gasteiger charge is 2.26. The molecule has 1 saturated carbocycles. The summed E-state index contributed by atoms with van der Waals surface area (Å²) in [7, 11) is 2.17. The molecular weight excluding hydrogens is 198 g/mol. The van der Waals surface area contributed by atoms with Gasteiger partial charge >= 0.3 is 0 Å². The molecule has 0 aromatic heterocycles. The Bertz CT molecular complexity index is 189. The fourth-order valence-corrected chi connectivity index (χ4v) is 2.39. The van der Waals surface area contributed by atoms with Crippen LogP contribution < -0.4 is 0 Å². The zero-order chi connectivity index (χ0) is 12.2. The van der Waals surface area contributed by atoms with E-state index in [1.54, 1.807) is 0 Å². The van der Waals surface area contributed by atoms with Crippen LogP contribution in [-0.4, -0.2) is 35.7 Å². The van der Waals surface area contributed by atoms with Crippen molar-refractivity contribution in [3.63, 3.8) is 0 Å². The molecule has 0 aromatic rings. The largest absolute Gasteiger partial charge is 0.391 e. The van der Waals surface area contributed by atoms with Gasteiger partial charge < -0.3 is 10.0 Å². The molecule has 0 bridgehead atoms. The molecule has 16 heavy (non-hydrogen) atoms. The molecular formula is C14H29NO. The molecule has 1 aliphatic carbocycles. The maximum atomic E-state index is 10.1. The summed E-state index contributed by atoms with van der Waals surface area (Å²) in [6.45, 7) is 7.14. The Kier molecular flexibility index (Phi) is 5.26. The van der Waals surface area contributed by atoms with E-state index >= 15 is 0 Å². The van der Waals surface area contributed by atoms with Gasteiger partial charge in [0.15, 0.2) is 0 Å². The second-order valence-corrected chi connectivity index (χ2v) is 6.47. The Hall–Kier alpha value is -0.0800. The molecule has 1 aliphatic rings. The Balaban J connectivity index is 2.41. The molecule has 0 radical (unpaired) electrons. The monoisotopic (exact) mass is 227 g/mol. The molecule has 2 nitrogen and oxygen atoms in total. The van der Waals surface area contributed by atoms with Gasteiger partial charge in [-0.05, 0) is 25.3 Å². The van der Waals surface area contributed by atoms with Gasteiger partial charge in [0.25, 0.3) is 0 Å². The predicted octanol–water partition coefficient (Wildman–Crippen LogP) is 3.05. The maximum absolute atomic E-state index is 10.1. The number of aliphatic hydroxyl groups excluding tert-OH is 1. The number of hydrogen-bond acceptors (Lipinski definition) is 2. The highest BCUT2D eigenvalue weighted by Crippen LogP contribution is 2.24. The maximum Gasteiger partial charge on any atom is 0.0715 e. The second-order valence-electron chi connectivity index (χ2n) is 6.47. The topological polar surface area (TPSA) is 23.5 Å². The van der Waals surface area contributed by atoms with Gasteiger partial charge in [-0.15, -0.1) is 0 Å². The highest BCUT2D eigenvalue weighted by atomic mass is 16.3. The van der Waals surface area contributed by atoms with Crippen LogP contribution >= 0.6 is 0 Å². The molecule has 96 valence electrons. The van der Waals surface area contributed by atoms with Crippen molar-refractivity contribution >= 4 is 0 Å². The fraction of sp³-hybridized carbons (Fsp3) is 1.00. The van der Waals surface area contributed by atoms with Gasteiger partial charge in [0.2, 0.25) is 0 Å². The highest BCUT2D eigenvalue weighted by molar-refractivity contribution is 4.79. The van der Waals surface area contributed by atoms with Crippen molar-refractivity contribution < 1.29 is 5.11 Å². The molecule has 0 heterocycles. The van der Waals surface area contributed by atoms with Crippen molar-refractivity contribution in [2.75, 3.05) is 13.6 Å². The standard InChI is InChI=1S/C14H29NO/c1-14(2,3)13(16)11-15(4)12-9-7-5-6-8-10-12/h12-13,16H,5-11H2,1-4H3. The zero-order valence-corrected chi connectivity index (χ0v) is 11.5. The smallest absolute Gasteiger partial charge is 0.0715 e. The lowest BCUT2D eigenvalue weighted by Gasteiger charge is -2.34. The van der Waals surface area contributed by atoms with E-state index in [0.717, 1.165) is 6.54 Å². The summed E-state index contributed by atoms with van der Waals surface area (Å²) in [5.41, 5.74) is -0.00100. The van der Waals surface area contributed by atoms with Crippen molar-refractivity contribution in [1.29, 1.82) is 0 Å². The van der Waals surface area contributed by atoms with Crippen LogP contribution in [0.5, 0.6) is 0 Å². The van der Waals surface area contributed by atoms with Gasteiger partial charge in [-0.25, -0.2) is 0 Å². The number of likely N-dealkylation sites (N-methyl/N-ethyl adjacent to an activating group) is 1. The molecule has 1 atom stereocenters. The van der Waals surface area contributed by atoms with Crippen molar-refractivity contribution in [1.82, 2.24) is 4.90 Å². The van der Waals surface area contributed by atoms with E-state index in [-0.39, 0.29) is 11.5 Å². The van der Waals surface area contributed by atoms with Crippen LogP contribution in [0.1, 0.15) is 59.3 Å². The number of hydrogen-bond donors (Lipinski definition) is 1. The SMILES string of the molecule is CN(CC(O)C(C)(C)C)C1CCCCCC1. The Labute approximate surface area is 101 Å². The fourth-order valence-electron chi connectivity index (χ4n) is 2.39. The quantitative estimate of drug-likeness (QED) is 0.749. The molecule has 1 unspecified atom stereocenters. The van der Waals surface area contributed by atoms with Crippen LogP contribution in [0.15, 0.2) is 0 Å². The first-order chi connectivity index (χ1) is 7.41. The molecule has 2 heteroatoms. The molecule has 0 saturated heterocycles. The van der Waals surface area contributed by atoms with Crippen LogP contribution in [0.25, 0.3) is 0 Å². The Morgan fingerprint density at radius 2 is 1.62 bits per heavy atom. The van der Waals surface area contributed by atoms with Crippen LogP contribution in [0, 0.1) is 5.41 Å². The molecule has 0 spiro atoms. The summed E-state index contributed by atoms with van der Waals surface area (Å²) in [4.78, 5) is 2.38. The number of rotatable bonds is 3. The first-order valence-electron chi connectivity index (χ1n) is 6.79. The summed E-state index contributed by atoms with van der Waals surface area (Å²) in [6.07, 6.45) is 7.92. The third-order valence-electron chi connectivity index (χ3n) is 3.91. The minimum Gasteiger partial charge on any atom is -0.391 e. The molecule has 1 N–H and O–H groups in total. The summed E-state index contributed by atoms with van der Waals surface area (Å²) in [6, 6.07) is 0.694. The Morgan fingerprint density at radius 1 is 1.12 bits per heavy atom. The molecule has 0 amide bonds. The van der Waals surface area contributed by atoms with Gasteiger partial charge in [-0.1, -0.05) is 46.5 Å². The normalized spacial score (nSPS) is 22.1. The van der Waals surface area contributed by atoms with Crippen LogP contribution in [0.4, 0.5) is 0 Å². The van der Waals surface area contributed by atoms with E-state index in [2.05, 4.69) is 32.7 Å². The van der Waals surface area contributed by atoms with E-state index < -0.39 is 0 Å². The van der Waals surface area contributed by atoms with Crippen LogP contribution in [0.2, 0.25) is 0 Å². The molecule has 1 fully saturated rings. The van der Waals surface area contributed by atoms with Crippen molar-refractivity contribution in [3.05, 3.63) is 0 Å². The van der Waals surface area contributed by atoms with E-state index in [4.69, 9.17) is 0 Å². The van der Waals surface area contributed by atoms with Gasteiger partial charge in [0.05, 0.1) is 6.10 Å². The third kappa shape index (κ3) is 4.42.